The van der Waals surface area contributed by atoms with Crippen molar-refractivity contribution in [2.24, 2.45) is 0 Å². The number of anilines is 1. The van der Waals surface area contributed by atoms with Crippen LogP contribution in [0, 0.1) is 0 Å². The molecule has 0 aromatic heterocycles. The van der Waals surface area contributed by atoms with Gasteiger partial charge in [-0.3, -0.25) is 9.59 Å². The van der Waals surface area contributed by atoms with E-state index in [1.54, 1.807) is 6.07 Å². The summed E-state index contributed by atoms with van der Waals surface area (Å²) in [5.41, 5.74) is 0.862. The normalized spacial score (nSPS) is 11.1. The summed E-state index contributed by atoms with van der Waals surface area (Å²) in [5, 5.41) is 2.61. The van der Waals surface area contributed by atoms with Crippen LogP contribution in [-0.4, -0.2) is 52.7 Å². The fraction of sp³-hybridized carbons (Fsp3) is 0.222. The summed E-state index contributed by atoms with van der Waals surface area (Å²) in [4.78, 5) is 22.9. The van der Waals surface area contributed by atoms with Gasteiger partial charge in [0.2, 0.25) is 10.0 Å². The van der Waals surface area contributed by atoms with Gasteiger partial charge in [0.15, 0.2) is 18.1 Å². The van der Waals surface area contributed by atoms with Crippen LogP contribution in [0.1, 0.15) is 10.4 Å². The van der Waals surface area contributed by atoms with Crippen molar-refractivity contribution in [1.82, 2.24) is 4.31 Å². The van der Waals surface area contributed by atoms with Gasteiger partial charge in [0.05, 0.1) is 12.0 Å². The Bertz CT molecular complexity index is 923. The first-order chi connectivity index (χ1) is 12.8. The number of sulfonamides is 1. The van der Waals surface area contributed by atoms with Crippen molar-refractivity contribution in [3.63, 3.8) is 0 Å². The molecule has 0 heterocycles. The van der Waals surface area contributed by atoms with Crippen LogP contribution in [0.2, 0.25) is 0 Å². The fourth-order valence-corrected chi connectivity index (χ4v) is 3.04. The molecular formula is C18H20N2O6S. The van der Waals surface area contributed by atoms with Crippen LogP contribution >= 0.6 is 0 Å². The Hall–Kier alpha value is -2.91. The molecule has 9 heteroatoms. The summed E-state index contributed by atoms with van der Waals surface area (Å²) < 4.78 is 35.7. The lowest BCUT2D eigenvalue weighted by Crippen LogP contribution is -2.22. The lowest BCUT2D eigenvalue weighted by Gasteiger charge is -2.13. The van der Waals surface area contributed by atoms with Gasteiger partial charge in [0, 0.05) is 25.3 Å². The summed E-state index contributed by atoms with van der Waals surface area (Å²) in [7, 11) is 0.792. The maximum absolute atomic E-state index is 12.0. The third-order valence-corrected chi connectivity index (χ3v) is 5.43. The second-order valence-electron chi connectivity index (χ2n) is 5.68. The van der Waals surface area contributed by atoms with Crippen molar-refractivity contribution in [3.8, 4) is 11.5 Å². The van der Waals surface area contributed by atoms with Crippen LogP contribution in [0.4, 0.5) is 5.69 Å². The summed E-state index contributed by atoms with van der Waals surface area (Å²) in [6.07, 6.45) is 0.680. The zero-order valence-corrected chi connectivity index (χ0v) is 15.9. The molecule has 0 fully saturated rings. The second-order valence-corrected chi connectivity index (χ2v) is 7.83. The molecule has 0 radical (unpaired) electrons. The monoisotopic (exact) mass is 392 g/mol. The molecule has 1 amide bonds. The molecule has 1 N–H and O–H groups in total. The number of carbonyl (C=O) groups is 2. The number of carbonyl (C=O) groups excluding carboxylic acids is 2. The highest BCUT2D eigenvalue weighted by molar-refractivity contribution is 7.89. The van der Waals surface area contributed by atoms with Gasteiger partial charge < -0.3 is 14.8 Å². The maximum Gasteiger partial charge on any atom is 0.262 e. The first-order valence-corrected chi connectivity index (χ1v) is 9.30. The standard InChI is InChI=1S/C18H20N2O6S/c1-20(2)27(23,24)15-7-5-14(6-8-15)19-18(22)12-26-16-9-4-13(11-21)10-17(16)25-3/h4-11H,12H2,1-3H3,(H,19,22). The molecule has 2 aromatic carbocycles. The number of benzene rings is 2. The molecule has 2 rings (SSSR count). The number of amides is 1. The van der Waals surface area contributed by atoms with E-state index in [9.17, 15) is 18.0 Å². The molecule has 0 saturated carbocycles. The number of aldehydes is 1. The average Bonchev–Trinajstić information content (AvgIpc) is 2.66. The van der Waals surface area contributed by atoms with E-state index in [0.717, 1.165) is 4.31 Å². The molecule has 144 valence electrons. The Morgan fingerprint density at radius 1 is 1.11 bits per heavy atom. The van der Waals surface area contributed by atoms with E-state index in [-0.39, 0.29) is 11.5 Å². The van der Waals surface area contributed by atoms with Crippen molar-refractivity contribution < 1.29 is 27.5 Å². The summed E-state index contributed by atoms with van der Waals surface area (Å²) in [6.45, 7) is -0.283. The molecule has 0 saturated heterocycles. The third-order valence-electron chi connectivity index (χ3n) is 3.60. The van der Waals surface area contributed by atoms with Crippen molar-refractivity contribution in [2.45, 2.75) is 4.90 Å². The van der Waals surface area contributed by atoms with Gasteiger partial charge in [0.25, 0.3) is 5.91 Å². The first-order valence-electron chi connectivity index (χ1n) is 7.86. The third kappa shape index (κ3) is 5.05. The molecule has 8 nitrogen and oxygen atoms in total. The van der Waals surface area contributed by atoms with Crippen LogP contribution < -0.4 is 14.8 Å². The molecule has 0 aliphatic heterocycles. The Balaban J connectivity index is 1.99. The fourth-order valence-electron chi connectivity index (χ4n) is 2.14. The number of ether oxygens (including phenoxy) is 2. The number of methoxy groups -OCH3 is 1. The zero-order chi connectivity index (χ0) is 20.0. The van der Waals surface area contributed by atoms with Crippen LogP contribution in [0.15, 0.2) is 47.4 Å². The van der Waals surface area contributed by atoms with Gasteiger partial charge in [-0.1, -0.05) is 0 Å². The Morgan fingerprint density at radius 2 is 1.78 bits per heavy atom. The zero-order valence-electron chi connectivity index (χ0n) is 15.1. The molecule has 0 bridgehead atoms. The Morgan fingerprint density at radius 3 is 2.33 bits per heavy atom. The van der Waals surface area contributed by atoms with Crippen LogP contribution in [-0.2, 0) is 14.8 Å². The predicted octanol–water partition coefficient (Wildman–Crippen LogP) is 1.78. The molecule has 0 atom stereocenters. The van der Waals surface area contributed by atoms with Crippen LogP contribution in [0.5, 0.6) is 11.5 Å². The minimum Gasteiger partial charge on any atom is -0.493 e. The highest BCUT2D eigenvalue weighted by Crippen LogP contribution is 2.27. The lowest BCUT2D eigenvalue weighted by atomic mass is 10.2. The van der Waals surface area contributed by atoms with Gasteiger partial charge in [-0.05, 0) is 42.5 Å². The van der Waals surface area contributed by atoms with E-state index in [1.807, 2.05) is 0 Å². The molecule has 0 spiro atoms. The molecule has 0 aliphatic carbocycles. The smallest absolute Gasteiger partial charge is 0.262 e. The van der Waals surface area contributed by atoms with E-state index >= 15 is 0 Å². The summed E-state index contributed by atoms with van der Waals surface area (Å²) in [5.74, 6) is 0.232. The number of hydrogen-bond acceptors (Lipinski definition) is 6. The van der Waals surface area contributed by atoms with Gasteiger partial charge in [-0.25, -0.2) is 12.7 Å². The largest absolute Gasteiger partial charge is 0.493 e. The van der Waals surface area contributed by atoms with Crippen molar-refractivity contribution >= 4 is 27.9 Å². The van der Waals surface area contributed by atoms with E-state index in [1.165, 1.54) is 57.6 Å². The van der Waals surface area contributed by atoms with Crippen LogP contribution in [0.25, 0.3) is 0 Å². The Kier molecular flexibility index (Phi) is 6.54. The second kappa shape index (κ2) is 8.65. The number of rotatable bonds is 8. The number of nitrogens with one attached hydrogen (secondary N) is 1. The van der Waals surface area contributed by atoms with Crippen molar-refractivity contribution in [1.29, 1.82) is 0 Å². The molecule has 2 aromatic rings. The highest BCUT2D eigenvalue weighted by Gasteiger charge is 2.17. The minimum absolute atomic E-state index is 0.127. The maximum atomic E-state index is 12.0. The predicted molar refractivity (Wildman–Crippen MR) is 99.8 cm³/mol. The van der Waals surface area contributed by atoms with Gasteiger partial charge in [-0.15, -0.1) is 0 Å². The number of hydrogen-bond donors (Lipinski definition) is 1. The Labute approximate surface area is 157 Å². The van der Waals surface area contributed by atoms with Crippen molar-refractivity contribution in [2.75, 3.05) is 33.1 Å². The number of nitrogens with zero attached hydrogens (tertiary/aromatic N) is 1. The van der Waals surface area contributed by atoms with Gasteiger partial charge in [0.1, 0.15) is 6.29 Å². The van der Waals surface area contributed by atoms with E-state index < -0.39 is 15.9 Å². The minimum atomic E-state index is -3.52. The molecular weight excluding hydrogens is 372 g/mol. The van der Waals surface area contributed by atoms with Crippen LogP contribution in [0.3, 0.4) is 0 Å². The molecule has 0 unspecified atom stereocenters. The average molecular weight is 392 g/mol. The highest BCUT2D eigenvalue weighted by atomic mass is 32.2. The molecule has 0 aliphatic rings. The SMILES string of the molecule is COc1cc(C=O)ccc1OCC(=O)Nc1ccc(S(=O)(=O)N(C)C)cc1. The van der Waals surface area contributed by atoms with E-state index in [4.69, 9.17) is 9.47 Å². The topological polar surface area (TPSA) is 102 Å². The van der Waals surface area contributed by atoms with E-state index in [2.05, 4.69) is 5.32 Å². The quantitative estimate of drug-likeness (QED) is 0.687. The van der Waals surface area contributed by atoms with Gasteiger partial charge in [-0.2, -0.15) is 0 Å². The van der Waals surface area contributed by atoms with Gasteiger partial charge >= 0.3 is 0 Å². The van der Waals surface area contributed by atoms with E-state index in [0.29, 0.717) is 29.0 Å². The molecule has 27 heavy (non-hydrogen) atoms. The summed E-state index contributed by atoms with van der Waals surface area (Å²) in [6, 6.07) is 10.4. The van der Waals surface area contributed by atoms with Crippen molar-refractivity contribution in [3.05, 3.63) is 48.0 Å². The first kappa shape index (κ1) is 20.4. The lowest BCUT2D eigenvalue weighted by molar-refractivity contribution is -0.118. The summed E-state index contributed by atoms with van der Waals surface area (Å²) >= 11 is 0.